The molecule has 0 bridgehead atoms. The van der Waals surface area contributed by atoms with Gasteiger partial charge >= 0.3 is 0 Å². The summed E-state index contributed by atoms with van der Waals surface area (Å²) in [6.45, 7) is 5.98. The number of likely N-dealkylation sites (N-methyl/N-ethyl adjacent to an activating group) is 1. The number of aromatic nitrogens is 27. The second-order valence-electron chi connectivity index (χ2n) is 31.0. The lowest BCUT2D eigenvalue weighted by atomic mass is 9.89. The predicted molar refractivity (Wildman–Crippen MR) is 534 cm³/mol. The number of para-hydroxylation sites is 2. The number of aromatic amines is 9. The molecule has 45 nitrogen and oxygen atoms in total. The van der Waals surface area contributed by atoms with Crippen LogP contribution in [0.4, 0.5) is 118 Å². The molecule has 45 heteroatoms. The zero-order valence-corrected chi connectivity index (χ0v) is 76.6. The molecule has 0 aliphatic heterocycles. The van der Waals surface area contributed by atoms with Gasteiger partial charge < -0.3 is 97.0 Å². The molecule has 0 atom stereocenters. The van der Waals surface area contributed by atoms with Crippen molar-refractivity contribution in [3.63, 3.8) is 0 Å². The van der Waals surface area contributed by atoms with Crippen molar-refractivity contribution in [3.05, 3.63) is 240 Å². The Morgan fingerprint density at radius 1 is 0.313 bits per heavy atom. The van der Waals surface area contributed by atoms with Crippen molar-refractivity contribution in [2.24, 2.45) is 11.8 Å². The normalized spacial score (nSPS) is 11.8. The zero-order chi connectivity index (χ0) is 94.5. The van der Waals surface area contributed by atoms with Crippen LogP contribution in [0.15, 0.2) is 212 Å². The molecule has 2 aliphatic carbocycles. The van der Waals surface area contributed by atoms with Crippen LogP contribution in [0.1, 0.15) is 98.4 Å². The van der Waals surface area contributed by atoms with Crippen molar-refractivity contribution >= 4 is 118 Å². The lowest BCUT2D eigenvalue weighted by Crippen LogP contribution is -2.21. The van der Waals surface area contributed by atoms with E-state index in [4.69, 9.17) is 40.1 Å². The summed E-state index contributed by atoms with van der Waals surface area (Å²) >= 11 is 0. The molecular weight excluding hydrogens is 1700 g/mol. The highest BCUT2D eigenvalue weighted by molar-refractivity contribution is 5.57. The summed E-state index contributed by atoms with van der Waals surface area (Å²) in [6, 6.07) is 70.6. The third kappa shape index (κ3) is 37.9. The topological polar surface area (TPSA) is 653 Å². The van der Waals surface area contributed by atoms with Gasteiger partial charge in [-0.15, -0.1) is 45.9 Å². The van der Waals surface area contributed by atoms with E-state index in [1.807, 2.05) is 214 Å². The van der Waals surface area contributed by atoms with Crippen LogP contribution in [0.2, 0.25) is 0 Å². The van der Waals surface area contributed by atoms with Crippen molar-refractivity contribution in [1.29, 1.82) is 0 Å². The summed E-state index contributed by atoms with van der Waals surface area (Å²) in [6.07, 6.45) is 17.7. The van der Waals surface area contributed by atoms with Crippen LogP contribution in [0.3, 0.4) is 0 Å². The molecule has 30 N–H and O–H groups in total. The van der Waals surface area contributed by atoms with Crippen LogP contribution < -0.4 is 97.0 Å². The Kier molecular flexibility index (Phi) is 41.4. The highest BCUT2D eigenvalue weighted by atomic mass is 15.4. The Hall–Kier alpha value is -16.8. The summed E-state index contributed by atoms with van der Waals surface area (Å²) < 4.78 is 0. The Morgan fingerprint density at radius 2 is 0.679 bits per heavy atom. The lowest BCUT2D eigenvalue weighted by molar-refractivity contribution is 0.373. The first-order valence-electron chi connectivity index (χ1n) is 44.2. The van der Waals surface area contributed by atoms with E-state index in [0.717, 1.165) is 106 Å². The van der Waals surface area contributed by atoms with E-state index in [2.05, 4.69) is 235 Å². The Bertz CT molecular complexity index is 5690. The van der Waals surface area contributed by atoms with Crippen molar-refractivity contribution in [2.75, 3.05) is 172 Å². The highest BCUT2D eigenvalue weighted by Crippen LogP contribution is 2.26. The molecule has 7 aromatic carbocycles. The van der Waals surface area contributed by atoms with E-state index in [1.54, 1.807) is 0 Å². The molecule has 2 fully saturated rings. The van der Waals surface area contributed by atoms with E-state index >= 15 is 0 Å². The Labute approximate surface area is 778 Å². The second kappa shape index (κ2) is 55.8. The van der Waals surface area contributed by atoms with Crippen molar-refractivity contribution in [1.82, 2.24) is 137 Å². The zero-order valence-electron chi connectivity index (χ0n) is 76.6. The van der Waals surface area contributed by atoms with Crippen LogP contribution in [0, 0.1) is 11.8 Å². The summed E-state index contributed by atoms with van der Waals surface area (Å²) in [5.74, 6) is 10.7. The standard InChI is InChI=1S/C11H21N5.2C11H15N5.C10H13N5.C10H19N5.C10H13N5.2C9H11N5.C8H9N5/c1-16(2)11-13-10(14-15-11)12-8-9-6-4-3-5-7-9;1-16(11-13-10(12)14-15-11)8-7-9-5-3-2-4-6-9;12-10-14-11(16-15-10)13-8-4-7-9-5-2-1-3-6-9;1-15(10-12-9(11)13-14-10)7-8-5-3-2-4-6-8;1-11-9-13-10(15-14-9)12-7-8-5-3-2-4-6-8;11-9-13-10(15-14-9)12-7-6-8-4-2-1-3-5-8;1-14(7-5-3-2-4-6-7)9-11-8(10)12-13-9;10-8-12-9(14-13-8)11-6-7-4-2-1-3-5-7;9-7-11-8(13-12-7)10-6-4-2-1-3-5-6/h9H,3-8H2,1-2H3,(H2,12,13,14,15);2-6H,7-8H2,1H3,(H3,12,13,14,15);1-3,5-6H,4,7-8H2,(H4,12,13,14,15,16);2-6H,7H2,1H3,(H3,11,12,13,14);8H,2-7H2,1H3,(H3,11,12,13,14,15);1-5H,6-7H2,(H4,11,12,13,14,15);2-6H,1H3,(H3,10,11,12,13);1-5H,6H2,(H4,10,11,12,13,14);1-5H,(H4,9,10,11,12,13). The fourth-order valence-corrected chi connectivity index (χ4v) is 13.2. The molecular formula is C89H127N45. The van der Waals surface area contributed by atoms with Crippen molar-refractivity contribution in [2.45, 2.75) is 103 Å². The molecule has 708 valence electrons. The van der Waals surface area contributed by atoms with Crippen molar-refractivity contribution in [3.8, 4) is 0 Å². The minimum absolute atomic E-state index is 0.304. The lowest BCUT2D eigenvalue weighted by Gasteiger charge is -2.21. The van der Waals surface area contributed by atoms with Crippen LogP contribution in [-0.2, 0) is 32.4 Å². The smallest absolute Gasteiger partial charge is 0.250 e. The first-order valence-corrected chi connectivity index (χ1v) is 44.2. The SMILES string of the molecule is CN(C)c1n[nH]c(NCC2CCCCC2)n1.CN(CCc1ccccc1)c1n[nH]c(N)n1.CN(Cc1ccccc1)c1n[nH]c(N)n1.CN(c1ccccc1)c1n[nH]c(N)n1.CNc1n[nH]c(NCC2CCCCC2)n1.Nc1nc(NCCCc2ccccc2)n[nH]1.Nc1nc(NCCc2ccccc2)n[nH]1.Nc1nc(NCc2ccccc2)n[nH]1.Nc1nc(Nc2ccccc2)n[nH]1. The number of H-pyrrole nitrogens is 9. The minimum atomic E-state index is 0.304. The average Bonchev–Trinajstić information content (AvgIpc) is 1.59. The van der Waals surface area contributed by atoms with Gasteiger partial charge in [0, 0.05) is 99.5 Å². The van der Waals surface area contributed by atoms with Gasteiger partial charge in [-0.25, -0.2) is 45.9 Å². The first kappa shape index (κ1) is 99.4. The van der Waals surface area contributed by atoms with Gasteiger partial charge in [0.25, 0.3) is 5.95 Å². The van der Waals surface area contributed by atoms with Crippen LogP contribution in [-0.4, -0.2) is 212 Å². The third-order valence-corrected chi connectivity index (χ3v) is 20.2. The third-order valence-electron chi connectivity index (χ3n) is 20.2. The molecule has 134 heavy (non-hydrogen) atoms. The monoisotopic (exact) mass is 1830 g/mol. The molecule has 0 unspecified atom stereocenters. The van der Waals surface area contributed by atoms with E-state index in [9.17, 15) is 0 Å². The second-order valence-corrected chi connectivity index (χ2v) is 31.0. The molecule has 0 spiro atoms. The number of hydrogen-bond donors (Lipinski definition) is 23. The number of benzene rings is 7. The maximum Gasteiger partial charge on any atom is 0.250 e. The van der Waals surface area contributed by atoms with E-state index in [1.165, 1.54) is 92.0 Å². The highest BCUT2D eigenvalue weighted by Gasteiger charge is 2.17. The maximum absolute atomic E-state index is 5.47. The molecule has 0 radical (unpaired) electrons. The minimum Gasteiger partial charge on any atom is -0.368 e. The quantitative estimate of drug-likeness (QED) is 0.0179. The molecule has 9 aromatic heterocycles. The molecule has 16 aromatic rings. The number of aryl methyl sites for hydroxylation is 1. The van der Waals surface area contributed by atoms with Gasteiger partial charge in [-0.05, 0) is 115 Å². The van der Waals surface area contributed by atoms with E-state index in [-0.39, 0.29) is 0 Å². The average molecular weight is 1830 g/mol. The molecule has 0 saturated heterocycles. The summed E-state index contributed by atoms with van der Waals surface area (Å²) in [4.78, 5) is 44.1. The Balaban J connectivity index is 0.000000156. The molecule has 2 aliphatic rings. The fourth-order valence-electron chi connectivity index (χ4n) is 13.2. The van der Waals surface area contributed by atoms with Gasteiger partial charge in [0.1, 0.15) is 0 Å². The largest absolute Gasteiger partial charge is 0.368 e. The number of nitrogens with one attached hydrogen (secondary N) is 16. The maximum atomic E-state index is 5.47. The predicted octanol–water partition coefficient (Wildman–Crippen LogP) is 11.5. The molecule has 2 saturated carbocycles. The van der Waals surface area contributed by atoms with Crippen LogP contribution in [0.5, 0.6) is 0 Å². The van der Waals surface area contributed by atoms with Gasteiger partial charge in [0.15, 0.2) is 0 Å². The molecule has 9 heterocycles. The van der Waals surface area contributed by atoms with E-state index in [0.29, 0.717) is 95.8 Å². The van der Waals surface area contributed by atoms with Gasteiger partial charge in [0.05, 0.1) is 0 Å². The van der Waals surface area contributed by atoms with Gasteiger partial charge in [-0.3, -0.25) is 0 Å². The summed E-state index contributed by atoms with van der Waals surface area (Å²) in [7, 11) is 11.5. The van der Waals surface area contributed by atoms with Crippen molar-refractivity contribution < 1.29 is 0 Å². The summed E-state index contributed by atoms with van der Waals surface area (Å²) in [5, 5.41) is 81.1. The first-order chi connectivity index (χ1) is 65.3. The number of rotatable bonds is 31. The van der Waals surface area contributed by atoms with Crippen LogP contribution >= 0.6 is 0 Å². The number of hydrogen-bond acceptors (Lipinski definition) is 36. The van der Waals surface area contributed by atoms with E-state index < -0.39 is 0 Å². The summed E-state index contributed by atoms with van der Waals surface area (Å²) in [5.41, 5.74) is 46.2. The number of nitrogens with zero attached hydrogens (tertiary/aromatic N) is 22. The number of nitrogen functional groups attached to an aromatic ring is 7. The van der Waals surface area contributed by atoms with Gasteiger partial charge in [0.2, 0.25) is 101 Å². The Morgan fingerprint density at radius 3 is 1.11 bits per heavy atom. The molecule has 0 amide bonds. The number of nitrogens with two attached hydrogens (primary N) is 7. The number of anilines is 20. The van der Waals surface area contributed by atoms with Gasteiger partial charge in [-0.2, -0.15) is 44.9 Å². The van der Waals surface area contributed by atoms with Crippen LogP contribution in [0.25, 0.3) is 0 Å². The molecule has 18 rings (SSSR count). The van der Waals surface area contributed by atoms with Gasteiger partial charge in [-0.1, -0.05) is 227 Å². The fraction of sp³-hybridized carbons (Fsp3) is 0.326.